The molecule has 1 heterocycles. The molecule has 0 radical (unpaired) electrons. The molecule has 58 valence electrons. The van der Waals surface area contributed by atoms with Crippen molar-refractivity contribution in [3.05, 3.63) is 0 Å². The molecule has 4 heteroatoms. The van der Waals surface area contributed by atoms with Gasteiger partial charge >= 0.3 is 5.97 Å². The van der Waals surface area contributed by atoms with Crippen molar-refractivity contribution in [2.75, 3.05) is 13.7 Å². The molecule has 4 nitrogen and oxygen atoms in total. The van der Waals surface area contributed by atoms with E-state index in [4.69, 9.17) is 10.5 Å². The van der Waals surface area contributed by atoms with Crippen molar-refractivity contribution in [2.45, 2.75) is 18.6 Å². The van der Waals surface area contributed by atoms with Gasteiger partial charge < -0.3 is 15.2 Å². The van der Waals surface area contributed by atoms with Gasteiger partial charge in [0.2, 0.25) is 0 Å². The van der Waals surface area contributed by atoms with Crippen LogP contribution in [0.25, 0.3) is 0 Å². The smallest absolute Gasteiger partial charge is 0.335 e. The molecule has 0 aliphatic carbocycles. The second kappa shape index (κ2) is 2.98. The molecule has 0 saturated carbocycles. The van der Waals surface area contributed by atoms with Crippen molar-refractivity contribution in [3.8, 4) is 0 Å². The monoisotopic (exact) mass is 145 g/mol. The molecular formula is C6H11NO3. The van der Waals surface area contributed by atoms with Crippen LogP contribution in [0.2, 0.25) is 0 Å². The van der Waals surface area contributed by atoms with Crippen LogP contribution in [0.15, 0.2) is 0 Å². The third kappa shape index (κ3) is 1.27. The summed E-state index contributed by atoms with van der Waals surface area (Å²) in [6, 6.07) is 0. The van der Waals surface area contributed by atoms with Gasteiger partial charge in [-0.3, -0.25) is 0 Å². The molecule has 1 saturated heterocycles. The van der Waals surface area contributed by atoms with E-state index in [-0.39, 0.29) is 18.2 Å². The van der Waals surface area contributed by atoms with Crippen molar-refractivity contribution in [3.63, 3.8) is 0 Å². The third-order valence-corrected chi connectivity index (χ3v) is 1.56. The first-order valence-corrected chi connectivity index (χ1v) is 3.21. The van der Waals surface area contributed by atoms with Crippen LogP contribution in [0.3, 0.4) is 0 Å². The van der Waals surface area contributed by atoms with E-state index in [9.17, 15) is 4.79 Å². The van der Waals surface area contributed by atoms with Crippen molar-refractivity contribution in [2.24, 2.45) is 5.73 Å². The first kappa shape index (κ1) is 7.50. The minimum atomic E-state index is -0.362. The highest BCUT2D eigenvalue weighted by Crippen LogP contribution is 2.19. The van der Waals surface area contributed by atoms with Gasteiger partial charge in [-0.05, 0) is 0 Å². The van der Waals surface area contributed by atoms with Crippen molar-refractivity contribution < 1.29 is 14.3 Å². The van der Waals surface area contributed by atoms with Crippen LogP contribution >= 0.6 is 0 Å². The van der Waals surface area contributed by atoms with E-state index >= 15 is 0 Å². The second-order valence-corrected chi connectivity index (χ2v) is 2.24. The number of carbonyl (C=O) groups is 1. The zero-order valence-corrected chi connectivity index (χ0v) is 5.87. The molecule has 1 fully saturated rings. The number of ether oxygens (including phenoxy) is 2. The van der Waals surface area contributed by atoms with E-state index in [1.54, 1.807) is 0 Å². The molecule has 10 heavy (non-hydrogen) atoms. The Balaban J connectivity index is 2.19. The maximum Gasteiger partial charge on any atom is 0.335 e. The maximum absolute atomic E-state index is 10.7. The topological polar surface area (TPSA) is 61.5 Å². The molecule has 2 unspecified atom stereocenters. The Morgan fingerprint density at radius 1 is 1.90 bits per heavy atom. The molecule has 0 spiro atoms. The fraction of sp³-hybridized carbons (Fsp3) is 0.833. The third-order valence-electron chi connectivity index (χ3n) is 1.56. The summed E-state index contributed by atoms with van der Waals surface area (Å²) < 4.78 is 9.48. The summed E-state index contributed by atoms with van der Waals surface area (Å²) in [5.74, 6) is -0.301. The number of methoxy groups -OCH3 is 1. The second-order valence-electron chi connectivity index (χ2n) is 2.24. The SMILES string of the molecule is COC(=O)C1CC(CN)O1. The quantitative estimate of drug-likeness (QED) is 0.521. The number of esters is 1. The van der Waals surface area contributed by atoms with Gasteiger partial charge in [0.1, 0.15) is 0 Å². The Morgan fingerprint density at radius 2 is 2.50 bits per heavy atom. The first-order valence-electron chi connectivity index (χ1n) is 3.21. The van der Waals surface area contributed by atoms with Gasteiger partial charge in [-0.15, -0.1) is 0 Å². The summed E-state index contributed by atoms with van der Waals surface area (Å²) in [5, 5.41) is 0. The van der Waals surface area contributed by atoms with E-state index < -0.39 is 0 Å². The number of nitrogens with two attached hydrogens (primary N) is 1. The molecule has 0 amide bonds. The van der Waals surface area contributed by atoms with Crippen LogP contribution in [0.1, 0.15) is 6.42 Å². The molecule has 0 aromatic carbocycles. The average molecular weight is 145 g/mol. The van der Waals surface area contributed by atoms with E-state index in [1.807, 2.05) is 0 Å². The van der Waals surface area contributed by atoms with Crippen LogP contribution in [0.4, 0.5) is 0 Å². The highest BCUT2D eigenvalue weighted by molar-refractivity contribution is 5.75. The fourth-order valence-corrected chi connectivity index (χ4v) is 0.895. The van der Waals surface area contributed by atoms with Gasteiger partial charge in [0.25, 0.3) is 0 Å². The minimum Gasteiger partial charge on any atom is -0.467 e. The lowest BCUT2D eigenvalue weighted by Gasteiger charge is -2.32. The summed E-state index contributed by atoms with van der Waals surface area (Å²) in [4.78, 5) is 10.7. The number of rotatable bonds is 2. The van der Waals surface area contributed by atoms with Crippen LogP contribution in [-0.2, 0) is 14.3 Å². The molecule has 0 aromatic heterocycles. The Morgan fingerprint density at radius 3 is 2.90 bits per heavy atom. The predicted octanol–water partition coefficient (Wildman–Crippen LogP) is -0.724. The van der Waals surface area contributed by atoms with Crippen LogP contribution < -0.4 is 5.73 Å². The Bertz CT molecular complexity index is 131. The Labute approximate surface area is 59.3 Å². The zero-order chi connectivity index (χ0) is 7.56. The largest absolute Gasteiger partial charge is 0.467 e. The number of carbonyl (C=O) groups excluding carboxylic acids is 1. The molecule has 1 aliphatic rings. The summed E-state index contributed by atoms with van der Waals surface area (Å²) >= 11 is 0. The normalized spacial score (nSPS) is 31.0. The average Bonchev–Trinajstić information content (AvgIpc) is 1.85. The zero-order valence-electron chi connectivity index (χ0n) is 5.87. The van der Waals surface area contributed by atoms with Crippen molar-refractivity contribution in [1.82, 2.24) is 0 Å². The van der Waals surface area contributed by atoms with Crippen molar-refractivity contribution in [1.29, 1.82) is 0 Å². The summed E-state index contributed by atoms with van der Waals surface area (Å²) in [6.45, 7) is 0.480. The molecule has 2 N–H and O–H groups in total. The van der Waals surface area contributed by atoms with E-state index in [0.717, 1.165) is 0 Å². The summed E-state index contributed by atoms with van der Waals surface area (Å²) in [7, 11) is 1.35. The van der Waals surface area contributed by atoms with Gasteiger partial charge in [-0.2, -0.15) is 0 Å². The lowest BCUT2D eigenvalue weighted by molar-refractivity contribution is -0.180. The van der Waals surface area contributed by atoms with Crippen LogP contribution in [-0.4, -0.2) is 31.8 Å². The first-order chi connectivity index (χ1) is 4.77. The highest BCUT2D eigenvalue weighted by atomic mass is 16.6. The number of hydrogen-bond donors (Lipinski definition) is 1. The summed E-state index contributed by atoms with van der Waals surface area (Å²) in [5.41, 5.74) is 5.26. The Hall–Kier alpha value is -0.610. The van der Waals surface area contributed by atoms with Crippen LogP contribution in [0, 0.1) is 0 Å². The lowest BCUT2D eigenvalue weighted by atomic mass is 10.1. The Kier molecular flexibility index (Phi) is 2.24. The van der Waals surface area contributed by atoms with Gasteiger partial charge in [0.15, 0.2) is 6.10 Å². The van der Waals surface area contributed by atoms with Gasteiger partial charge in [0, 0.05) is 13.0 Å². The van der Waals surface area contributed by atoms with Gasteiger partial charge in [-0.25, -0.2) is 4.79 Å². The number of hydrogen-bond acceptors (Lipinski definition) is 4. The van der Waals surface area contributed by atoms with E-state index in [0.29, 0.717) is 13.0 Å². The molecule has 0 aromatic rings. The van der Waals surface area contributed by atoms with Crippen molar-refractivity contribution >= 4 is 5.97 Å². The fourth-order valence-electron chi connectivity index (χ4n) is 0.895. The predicted molar refractivity (Wildman–Crippen MR) is 34.3 cm³/mol. The van der Waals surface area contributed by atoms with Gasteiger partial charge in [0.05, 0.1) is 13.2 Å². The van der Waals surface area contributed by atoms with Crippen LogP contribution in [0.5, 0.6) is 0 Å². The lowest BCUT2D eigenvalue weighted by Crippen LogP contribution is -2.46. The molecular weight excluding hydrogens is 134 g/mol. The van der Waals surface area contributed by atoms with E-state index in [2.05, 4.69) is 4.74 Å². The molecule has 1 aliphatic heterocycles. The molecule has 0 bridgehead atoms. The van der Waals surface area contributed by atoms with E-state index in [1.165, 1.54) is 7.11 Å². The highest BCUT2D eigenvalue weighted by Gasteiger charge is 2.35. The molecule has 1 rings (SSSR count). The minimum absolute atomic E-state index is 0.0594. The standard InChI is InChI=1S/C6H11NO3/c1-9-6(8)5-2-4(3-7)10-5/h4-5H,2-3,7H2,1H3. The maximum atomic E-state index is 10.7. The summed E-state index contributed by atoms with van der Waals surface area (Å²) in [6.07, 6.45) is 0.394. The molecule has 2 atom stereocenters. The van der Waals surface area contributed by atoms with Gasteiger partial charge in [-0.1, -0.05) is 0 Å².